The molecule has 1 unspecified atom stereocenters. The van der Waals surface area contributed by atoms with Gasteiger partial charge in [-0.1, -0.05) is 11.6 Å². The van der Waals surface area contributed by atoms with Crippen LogP contribution < -0.4 is 10.9 Å². The number of halogens is 2. The van der Waals surface area contributed by atoms with Gasteiger partial charge in [-0.15, -0.1) is 0 Å². The maximum absolute atomic E-state index is 12.5. The van der Waals surface area contributed by atoms with Crippen LogP contribution >= 0.6 is 23.2 Å². The SMILES string of the molecule is O=c1c2ccc(Cl)cc2nc(Cl)n1C1CCCNC1. The highest BCUT2D eigenvalue weighted by atomic mass is 35.5. The average molecular weight is 298 g/mol. The van der Waals surface area contributed by atoms with Crippen molar-refractivity contribution in [2.45, 2.75) is 18.9 Å². The summed E-state index contributed by atoms with van der Waals surface area (Å²) in [6.45, 7) is 1.74. The molecule has 1 atom stereocenters. The molecule has 1 saturated heterocycles. The fourth-order valence-corrected chi connectivity index (χ4v) is 2.99. The molecule has 0 aliphatic carbocycles. The zero-order valence-electron chi connectivity index (χ0n) is 10.2. The van der Waals surface area contributed by atoms with Crippen LogP contribution in [0.25, 0.3) is 10.9 Å². The molecule has 0 amide bonds. The molecule has 0 spiro atoms. The number of hydrogen-bond donors (Lipinski definition) is 1. The van der Waals surface area contributed by atoms with Gasteiger partial charge in [0.05, 0.1) is 16.9 Å². The van der Waals surface area contributed by atoms with Gasteiger partial charge >= 0.3 is 0 Å². The molecule has 2 heterocycles. The van der Waals surface area contributed by atoms with E-state index in [1.807, 2.05) is 0 Å². The predicted octanol–water partition coefficient (Wildman–Crippen LogP) is 2.63. The van der Waals surface area contributed by atoms with E-state index in [0.29, 0.717) is 15.9 Å². The van der Waals surface area contributed by atoms with Crippen LogP contribution in [0.1, 0.15) is 18.9 Å². The molecule has 1 aliphatic heterocycles. The number of nitrogens with zero attached hydrogens (tertiary/aromatic N) is 2. The van der Waals surface area contributed by atoms with Crippen molar-refractivity contribution in [1.82, 2.24) is 14.9 Å². The van der Waals surface area contributed by atoms with E-state index in [0.717, 1.165) is 25.9 Å². The highest BCUT2D eigenvalue weighted by Crippen LogP contribution is 2.22. The minimum absolute atomic E-state index is 0.0707. The summed E-state index contributed by atoms with van der Waals surface area (Å²) in [6.07, 6.45) is 1.97. The Kier molecular flexibility index (Phi) is 3.48. The maximum Gasteiger partial charge on any atom is 0.262 e. The molecule has 4 nitrogen and oxygen atoms in total. The molecular formula is C13H13Cl2N3O. The van der Waals surface area contributed by atoms with Gasteiger partial charge in [-0.2, -0.15) is 0 Å². The lowest BCUT2D eigenvalue weighted by atomic mass is 10.1. The summed E-state index contributed by atoms with van der Waals surface area (Å²) in [5.41, 5.74) is 0.447. The van der Waals surface area contributed by atoms with Gasteiger partial charge < -0.3 is 5.32 Å². The van der Waals surface area contributed by atoms with Crippen molar-refractivity contribution in [3.8, 4) is 0 Å². The first-order chi connectivity index (χ1) is 9.16. The Morgan fingerprint density at radius 1 is 1.37 bits per heavy atom. The average Bonchev–Trinajstić information content (AvgIpc) is 2.39. The van der Waals surface area contributed by atoms with Crippen molar-refractivity contribution >= 4 is 34.1 Å². The van der Waals surface area contributed by atoms with Crippen molar-refractivity contribution in [1.29, 1.82) is 0 Å². The van der Waals surface area contributed by atoms with E-state index in [4.69, 9.17) is 23.2 Å². The molecule has 1 aromatic carbocycles. The fraction of sp³-hybridized carbons (Fsp3) is 0.385. The standard InChI is InChI=1S/C13H13Cl2N3O/c14-8-3-4-10-11(6-8)17-13(15)18(12(10)19)9-2-1-5-16-7-9/h3-4,6,9,16H,1-2,5,7H2. The van der Waals surface area contributed by atoms with E-state index < -0.39 is 0 Å². The first kappa shape index (κ1) is 12.9. The number of benzene rings is 1. The van der Waals surface area contributed by atoms with E-state index in [9.17, 15) is 4.79 Å². The highest BCUT2D eigenvalue weighted by molar-refractivity contribution is 6.31. The third-order valence-electron chi connectivity index (χ3n) is 3.46. The molecule has 1 fully saturated rings. The Bertz CT molecular complexity index is 677. The number of nitrogens with one attached hydrogen (secondary N) is 1. The summed E-state index contributed by atoms with van der Waals surface area (Å²) >= 11 is 12.1. The molecule has 1 N–H and O–H groups in total. The summed E-state index contributed by atoms with van der Waals surface area (Å²) in [5.74, 6) is 0. The van der Waals surface area contributed by atoms with Crippen LogP contribution in [0.15, 0.2) is 23.0 Å². The van der Waals surface area contributed by atoms with Crippen LogP contribution in [0.3, 0.4) is 0 Å². The van der Waals surface area contributed by atoms with E-state index in [1.54, 1.807) is 22.8 Å². The lowest BCUT2D eigenvalue weighted by molar-refractivity contribution is 0.363. The van der Waals surface area contributed by atoms with E-state index in [-0.39, 0.29) is 16.9 Å². The molecule has 0 saturated carbocycles. The van der Waals surface area contributed by atoms with Gasteiger partial charge in [0.2, 0.25) is 5.28 Å². The van der Waals surface area contributed by atoms with Crippen LogP contribution in [0.5, 0.6) is 0 Å². The first-order valence-corrected chi connectivity index (χ1v) is 7.00. The number of piperidine rings is 1. The monoisotopic (exact) mass is 297 g/mol. The third-order valence-corrected chi connectivity index (χ3v) is 3.96. The fourth-order valence-electron chi connectivity index (χ4n) is 2.52. The lowest BCUT2D eigenvalue weighted by Crippen LogP contribution is -2.37. The van der Waals surface area contributed by atoms with Gasteiger partial charge in [-0.05, 0) is 49.2 Å². The molecule has 0 bridgehead atoms. The van der Waals surface area contributed by atoms with Crippen LogP contribution in [0.4, 0.5) is 0 Å². The normalized spacial score (nSPS) is 19.8. The Hall–Kier alpha value is -1.10. The Morgan fingerprint density at radius 2 is 2.21 bits per heavy atom. The summed E-state index contributed by atoms with van der Waals surface area (Å²) in [5, 5.41) is 4.61. The van der Waals surface area contributed by atoms with Crippen LogP contribution in [-0.2, 0) is 0 Å². The third kappa shape index (κ3) is 2.36. The molecule has 100 valence electrons. The molecule has 19 heavy (non-hydrogen) atoms. The Labute approximate surface area is 120 Å². The smallest absolute Gasteiger partial charge is 0.262 e. The summed E-state index contributed by atoms with van der Waals surface area (Å²) in [6, 6.07) is 5.13. The topological polar surface area (TPSA) is 46.9 Å². The second-order valence-electron chi connectivity index (χ2n) is 4.72. The molecule has 0 radical (unpaired) electrons. The molecular weight excluding hydrogens is 285 g/mol. The first-order valence-electron chi connectivity index (χ1n) is 6.25. The van der Waals surface area contributed by atoms with Crippen molar-refractivity contribution in [2.75, 3.05) is 13.1 Å². The zero-order chi connectivity index (χ0) is 13.4. The predicted molar refractivity (Wildman–Crippen MR) is 77.2 cm³/mol. The quantitative estimate of drug-likeness (QED) is 0.823. The van der Waals surface area contributed by atoms with Crippen molar-refractivity contribution in [2.24, 2.45) is 0 Å². The highest BCUT2D eigenvalue weighted by Gasteiger charge is 2.20. The largest absolute Gasteiger partial charge is 0.315 e. The molecule has 1 aromatic heterocycles. The molecule has 2 aromatic rings. The van der Waals surface area contributed by atoms with Crippen molar-refractivity contribution in [3.05, 3.63) is 38.9 Å². The second kappa shape index (κ2) is 5.12. The minimum Gasteiger partial charge on any atom is -0.315 e. The Balaban J connectivity index is 2.19. The second-order valence-corrected chi connectivity index (χ2v) is 5.49. The lowest BCUT2D eigenvalue weighted by Gasteiger charge is -2.25. The van der Waals surface area contributed by atoms with Gasteiger partial charge in [-0.3, -0.25) is 9.36 Å². The molecule has 6 heteroatoms. The van der Waals surface area contributed by atoms with Gasteiger partial charge in [0.15, 0.2) is 0 Å². The number of rotatable bonds is 1. The molecule has 3 rings (SSSR count). The van der Waals surface area contributed by atoms with Crippen LogP contribution in [-0.4, -0.2) is 22.6 Å². The van der Waals surface area contributed by atoms with Crippen LogP contribution in [0.2, 0.25) is 10.3 Å². The minimum atomic E-state index is -0.0969. The summed E-state index contributed by atoms with van der Waals surface area (Å²) < 4.78 is 1.59. The summed E-state index contributed by atoms with van der Waals surface area (Å²) in [7, 11) is 0. The number of aromatic nitrogens is 2. The number of hydrogen-bond acceptors (Lipinski definition) is 3. The van der Waals surface area contributed by atoms with Crippen molar-refractivity contribution in [3.63, 3.8) is 0 Å². The maximum atomic E-state index is 12.5. The van der Waals surface area contributed by atoms with Gasteiger partial charge in [0.25, 0.3) is 5.56 Å². The number of fused-ring (bicyclic) bond motifs is 1. The van der Waals surface area contributed by atoms with E-state index in [2.05, 4.69) is 10.3 Å². The molecule has 1 aliphatic rings. The van der Waals surface area contributed by atoms with Gasteiger partial charge in [-0.25, -0.2) is 4.98 Å². The van der Waals surface area contributed by atoms with E-state index >= 15 is 0 Å². The summed E-state index contributed by atoms with van der Waals surface area (Å²) in [4.78, 5) is 16.8. The van der Waals surface area contributed by atoms with E-state index in [1.165, 1.54) is 0 Å². The van der Waals surface area contributed by atoms with Gasteiger partial charge in [0.1, 0.15) is 0 Å². The van der Waals surface area contributed by atoms with Crippen LogP contribution in [0, 0.1) is 0 Å². The zero-order valence-corrected chi connectivity index (χ0v) is 11.7. The van der Waals surface area contributed by atoms with Crippen molar-refractivity contribution < 1.29 is 0 Å². The Morgan fingerprint density at radius 3 is 2.95 bits per heavy atom. The van der Waals surface area contributed by atoms with Gasteiger partial charge in [0, 0.05) is 11.6 Å².